The number of fused-ring (bicyclic) bond motifs is 1. The van der Waals surface area contributed by atoms with Gasteiger partial charge in [0.15, 0.2) is 0 Å². The number of nitrogens with zero attached hydrogens (tertiary/aromatic N) is 1. The van der Waals surface area contributed by atoms with Gasteiger partial charge in [-0.25, -0.2) is 0 Å². The fourth-order valence-corrected chi connectivity index (χ4v) is 1.21. The van der Waals surface area contributed by atoms with Crippen molar-refractivity contribution in [1.82, 2.24) is 5.10 Å². The van der Waals surface area contributed by atoms with Crippen LogP contribution in [0.3, 0.4) is 0 Å². The predicted octanol–water partition coefficient (Wildman–Crippen LogP) is 1.36. The van der Waals surface area contributed by atoms with E-state index in [2.05, 4.69) is 22.3 Å². The van der Waals surface area contributed by atoms with Crippen molar-refractivity contribution in [2.45, 2.75) is 6.92 Å². The first kappa shape index (κ1) is 6.28. The Hall–Kier alpha value is -1.44. The second-order valence-corrected chi connectivity index (χ2v) is 2.56. The molecule has 0 aliphatic heterocycles. The van der Waals surface area contributed by atoms with E-state index in [9.17, 15) is 0 Å². The summed E-state index contributed by atoms with van der Waals surface area (Å²) in [6.45, 7) is 2.00. The minimum Gasteiger partial charge on any atom is -0.106 e. The summed E-state index contributed by atoms with van der Waals surface area (Å²) in [5, 5.41) is 9.36. The second kappa shape index (κ2) is 2.31. The minimum atomic E-state index is 1.04. The molecule has 0 saturated carbocycles. The van der Waals surface area contributed by atoms with Gasteiger partial charge in [-0.3, -0.25) is 0 Å². The van der Waals surface area contributed by atoms with Crippen molar-refractivity contribution in [1.29, 1.82) is 0 Å². The maximum atomic E-state index is 4.08. The van der Waals surface area contributed by atoms with Crippen LogP contribution >= 0.6 is 0 Å². The molecular formula is C9H9N2+. The summed E-state index contributed by atoms with van der Waals surface area (Å²) in [4.78, 5) is 0. The van der Waals surface area contributed by atoms with Crippen LogP contribution in [0.2, 0.25) is 0 Å². The summed E-state index contributed by atoms with van der Waals surface area (Å²) in [6, 6.07) is 8.19. The summed E-state index contributed by atoms with van der Waals surface area (Å²) >= 11 is 0. The smallest absolute Gasteiger partial charge is 0.106 e. The van der Waals surface area contributed by atoms with E-state index in [1.165, 1.54) is 10.8 Å². The molecule has 1 heterocycles. The summed E-state index contributed by atoms with van der Waals surface area (Å²) < 4.78 is 0. The molecule has 1 aromatic carbocycles. The van der Waals surface area contributed by atoms with Gasteiger partial charge in [0.1, 0.15) is 5.69 Å². The van der Waals surface area contributed by atoms with Crippen molar-refractivity contribution < 1.29 is 5.10 Å². The maximum Gasteiger partial charge on any atom is 0.201 e. The van der Waals surface area contributed by atoms with Crippen LogP contribution in [0.1, 0.15) is 5.69 Å². The first-order chi connectivity index (χ1) is 5.38. The molecule has 2 heteroatoms. The van der Waals surface area contributed by atoms with E-state index in [-0.39, 0.29) is 0 Å². The van der Waals surface area contributed by atoms with E-state index >= 15 is 0 Å². The lowest BCUT2D eigenvalue weighted by Gasteiger charge is -1.92. The molecule has 0 unspecified atom stereocenters. The maximum absolute atomic E-state index is 4.08. The van der Waals surface area contributed by atoms with Crippen LogP contribution in [0.5, 0.6) is 0 Å². The van der Waals surface area contributed by atoms with Crippen LogP contribution in [-0.4, -0.2) is 5.10 Å². The topological polar surface area (TPSA) is 27.0 Å². The van der Waals surface area contributed by atoms with Crippen LogP contribution < -0.4 is 5.10 Å². The van der Waals surface area contributed by atoms with E-state index in [1.807, 2.05) is 25.3 Å². The zero-order chi connectivity index (χ0) is 7.68. The van der Waals surface area contributed by atoms with Crippen LogP contribution in [0.25, 0.3) is 10.8 Å². The summed E-state index contributed by atoms with van der Waals surface area (Å²) in [7, 11) is 0. The van der Waals surface area contributed by atoms with E-state index in [0.29, 0.717) is 0 Å². The Kier molecular flexibility index (Phi) is 1.32. The average molecular weight is 145 g/mol. The molecule has 11 heavy (non-hydrogen) atoms. The number of benzene rings is 1. The summed E-state index contributed by atoms with van der Waals surface area (Å²) in [5.74, 6) is 0. The largest absolute Gasteiger partial charge is 0.201 e. The highest BCUT2D eigenvalue weighted by molar-refractivity contribution is 5.82. The molecular weight excluding hydrogens is 136 g/mol. The van der Waals surface area contributed by atoms with Gasteiger partial charge in [-0.2, -0.15) is 0 Å². The van der Waals surface area contributed by atoms with Gasteiger partial charge in [0, 0.05) is 10.8 Å². The van der Waals surface area contributed by atoms with Crippen molar-refractivity contribution >= 4 is 10.8 Å². The van der Waals surface area contributed by atoms with Gasteiger partial charge in [0.25, 0.3) is 0 Å². The standard InChI is InChI=1S/C9H8N2/c1-7-9-5-3-2-4-8(9)6-10-11-7/h2-6H,1H3/p+1. The third-order valence-corrected chi connectivity index (χ3v) is 1.80. The first-order valence-corrected chi connectivity index (χ1v) is 3.60. The number of aromatic nitrogens is 2. The summed E-state index contributed by atoms with van der Waals surface area (Å²) in [5.41, 5.74) is 1.04. The number of hydrogen-bond donors (Lipinski definition) is 0. The fraction of sp³-hybridized carbons (Fsp3) is 0.111. The Bertz CT molecular complexity index is 377. The molecule has 0 bridgehead atoms. The van der Waals surface area contributed by atoms with Crippen LogP contribution in [0.15, 0.2) is 30.5 Å². The van der Waals surface area contributed by atoms with Gasteiger partial charge in [-0.05, 0) is 18.1 Å². The highest BCUT2D eigenvalue weighted by Crippen LogP contribution is 2.11. The molecule has 0 radical (unpaired) electrons. The molecule has 54 valence electrons. The third kappa shape index (κ3) is 0.963. The highest BCUT2D eigenvalue weighted by Gasteiger charge is 1.98. The molecule has 2 rings (SSSR count). The molecule has 0 spiro atoms. The lowest BCUT2D eigenvalue weighted by molar-refractivity contribution is -0.454. The van der Waals surface area contributed by atoms with Crippen molar-refractivity contribution in [2.24, 2.45) is 0 Å². The minimum absolute atomic E-state index is 1.04. The van der Waals surface area contributed by atoms with E-state index in [0.717, 1.165) is 5.69 Å². The van der Waals surface area contributed by atoms with Gasteiger partial charge in [0.05, 0.1) is 0 Å². The van der Waals surface area contributed by atoms with Gasteiger partial charge in [0.2, 0.25) is 6.20 Å². The number of rotatable bonds is 0. The van der Waals surface area contributed by atoms with E-state index in [4.69, 9.17) is 0 Å². The van der Waals surface area contributed by atoms with Gasteiger partial charge < -0.3 is 0 Å². The van der Waals surface area contributed by atoms with Crippen LogP contribution in [0, 0.1) is 6.92 Å². The van der Waals surface area contributed by atoms with E-state index < -0.39 is 0 Å². The van der Waals surface area contributed by atoms with Crippen molar-refractivity contribution in [3.63, 3.8) is 0 Å². The SMILES string of the molecule is Cc1n[nH+]cc2ccccc12. The lowest BCUT2D eigenvalue weighted by Crippen LogP contribution is -2.08. The number of hydrogen-bond acceptors (Lipinski definition) is 1. The van der Waals surface area contributed by atoms with Gasteiger partial charge in [-0.15, -0.1) is 5.10 Å². The number of aryl methyl sites for hydroxylation is 1. The molecule has 0 saturated heterocycles. The van der Waals surface area contributed by atoms with Gasteiger partial charge >= 0.3 is 0 Å². The Morgan fingerprint density at radius 3 is 2.91 bits per heavy atom. The molecule has 0 aliphatic rings. The number of nitrogens with one attached hydrogen (secondary N) is 1. The monoisotopic (exact) mass is 145 g/mol. The third-order valence-electron chi connectivity index (χ3n) is 1.80. The Morgan fingerprint density at radius 2 is 2.09 bits per heavy atom. The number of H-pyrrole nitrogens is 1. The Morgan fingerprint density at radius 1 is 1.27 bits per heavy atom. The van der Waals surface area contributed by atoms with Crippen molar-refractivity contribution in [3.05, 3.63) is 36.2 Å². The highest BCUT2D eigenvalue weighted by atomic mass is 15.1. The van der Waals surface area contributed by atoms with E-state index in [1.54, 1.807) is 0 Å². The molecule has 0 fully saturated rings. The molecule has 1 N–H and O–H groups in total. The summed E-state index contributed by atoms with van der Waals surface area (Å²) in [6.07, 6.45) is 1.91. The zero-order valence-corrected chi connectivity index (χ0v) is 6.33. The second-order valence-electron chi connectivity index (χ2n) is 2.56. The van der Waals surface area contributed by atoms with Crippen LogP contribution in [-0.2, 0) is 0 Å². The van der Waals surface area contributed by atoms with Crippen LogP contribution in [0.4, 0.5) is 0 Å². The quantitative estimate of drug-likeness (QED) is 0.549. The van der Waals surface area contributed by atoms with Gasteiger partial charge in [-0.1, -0.05) is 18.2 Å². The first-order valence-electron chi connectivity index (χ1n) is 3.60. The zero-order valence-electron chi connectivity index (χ0n) is 6.33. The Labute approximate surface area is 64.9 Å². The Balaban J connectivity index is 2.91. The van der Waals surface area contributed by atoms with Crippen molar-refractivity contribution in [3.8, 4) is 0 Å². The normalized spacial score (nSPS) is 10.3. The number of aromatic amines is 1. The fourth-order valence-electron chi connectivity index (χ4n) is 1.21. The molecule has 0 amide bonds. The average Bonchev–Trinajstić information content (AvgIpc) is 2.06. The molecule has 1 aromatic heterocycles. The molecule has 2 nitrogen and oxygen atoms in total. The molecule has 2 aromatic rings. The predicted molar refractivity (Wildman–Crippen MR) is 43.0 cm³/mol. The lowest BCUT2D eigenvalue weighted by atomic mass is 10.1. The van der Waals surface area contributed by atoms with Crippen molar-refractivity contribution in [2.75, 3.05) is 0 Å². The molecule has 0 atom stereocenters. The molecule has 0 aliphatic carbocycles.